The van der Waals surface area contributed by atoms with Gasteiger partial charge in [-0.15, -0.1) is 0 Å². The van der Waals surface area contributed by atoms with Gasteiger partial charge in [-0.25, -0.2) is 0 Å². The minimum atomic E-state index is -0.297. The maximum absolute atomic E-state index is 9.32. The van der Waals surface area contributed by atoms with Gasteiger partial charge in [-0.05, 0) is 44.6 Å². The van der Waals surface area contributed by atoms with Gasteiger partial charge in [0, 0.05) is 17.6 Å². The van der Waals surface area contributed by atoms with Crippen LogP contribution in [-0.2, 0) is 0 Å². The molecule has 3 heteroatoms. The fraction of sp³-hybridized carbons (Fsp3) is 1.00. The quantitative estimate of drug-likeness (QED) is 0.764. The lowest BCUT2D eigenvalue weighted by atomic mass is 9.98. The first-order chi connectivity index (χ1) is 7.56. The van der Waals surface area contributed by atoms with Crippen LogP contribution in [0, 0.1) is 5.92 Å². The summed E-state index contributed by atoms with van der Waals surface area (Å²) in [5, 5.41) is 9.32. The molecule has 2 aliphatic rings. The number of hydrogen-bond acceptors (Lipinski definition) is 3. The highest BCUT2D eigenvalue weighted by Crippen LogP contribution is 2.36. The van der Waals surface area contributed by atoms with Gasteiger partial charge in [-0.3, -0.25) is 4.90 Å². The fourth-order valence-corrected chi connectivity index (χ4v) is 3.54. The zero-order valence-corrected chi connectivity index (χ0v) is 10.7. The summed E-state index contributed by atoms with van der Waals surface area (Å²) in [6.45, 7) is 6.01. The van der Waals surface area contributed by atoms with Crippen molar-refractivity contribution in [2.24, 2.45) is 11.7 Å². The fourth-order valence-electron chi connectivity index (χ4n) is 3.54. The summed E-state index contributed by atoms with van der Waals surface area (Å²) in [5.74, 6) is 0.740. The molecule has 3 nitrogen and oxygen atoms in total. The van der Waals surface area contributed by atoms with E-state index in [4.69, 9.17) is 5.73 Å². The minimum absolute atomic E-state index is 0.143. The number of nitrogens with two attached hydrogens (primary N) is 1. The van der Waals surface area contributed by atoms with Crippen LogP contribution < -0.4 is 5.73 Å². The average Bonchev–Trinajstić information content (AvgIpc) is 2.84. The molecule has 1 aliphatic heterocycles. The Balaban J connectivity index is 1.98. The van der Waals surface area contributed by atoms with Crippen molar-refractivity contribution in [3.8, 4) is 0 Å². The standard InChI is InChI=1S/C13H26N2O/c1-10(2)12-4-3-7-15(12)11-5-6-13(14,8-11)9-16/h10-12,16H,3-9,14H2,1-2H3. The molecule has 0 aromatic carbocycles. The van der Waals surface area contributed by atoms with Gasteiger partial charge in [0.15, 0.2) is 0 Å². The van der Waals surface area contributed by atoms with Crippen molar-refractivity contribution in [2.75, 3.05) is 13.2 Å². The van der Waals surface area contributed by atoms with E-state index in [0.29, 0.717) is 6.04 Å². The van der Waals surface area contributed by atoms with Crippen LogP contribution in [0.3, 0.4) is 0 Å². The largest absolute Gasteiger partial charge is 0.394 e. The molecule has 0 aromatic heterocycles. The Kier molecular flexibility index (Phi) is 3.57. The predicted octanol–water partition coefficient (Wildman–Crippen LogP) is 1.35. The van der Waals surface area contributed by atoms with E-state index in [9.17, 15) is 5.11 Å². The lowest BCUT2D eigenvalue weighted by molar-refractivity contribution is 0.133. The van der Waals surface area contributed by atoms with Gasteiger partial charge in [-0.2, -0.15) is 0 Å². The topological polar surface area (TPSA) is 49.5 Å². The Labute approximate surface area is 99.0 Å². The van der Waals surface area contributed by atoms with Gasteiger partial charge in [0.25, 0.3) is 0 Å². The molecule has 1 aliphatic carbocycles. The summed E-state index contributed by atoms with van der Waals surface area (Å²) in [7, 11) is 0. The van der Waals surface area contributed by atoms with E-state index in [1.807, 2.05) is 0 Å². The summed E-state index contributed by atoms with van der Waals surface area (Å²) >= 11 is 0. The van der Waals surface area contributed by atoms with E-state index < -0.39 is 0 Å². The van der Waals surface area contributed by atoms with Crippen molar-refractivity contribution in [3.63, 3.8) is 0 Å². The maximum Gasteiger partial charge on any atom is 0.0611 e. The van der Waals surface area contributed by atoms with Crippen molar-refractivity contribution < 1.29 is 5.11 Å². The van der Waals surface area contributed by atoms with Crippen molar-refractivity contribution in [2.45, 2.75) is 63.6 Å². The van der Waals surface area contributed by atoms with E-state index >= 15 is 0 Å². The lowest BCUT2D eigenvalue weighted by Gasteiger charge is -2.34. The van der Waals surface area contributed by atoms with Crippen LogP contribution in [0.25, 0.3) is 0 Å². The van der Waals surface area contributed by atoms with Gasteiger partial charge in [0.2, 0.25) is 0 Å². The lowest BCUT2D eigenvalue weighted by Crippen LogP contribution is -2.45. The molecule has 3 N–H and O–H groups in total. The van der Waals surface area contributed by atoms with Crippen LogP contribution in [0.1, 0.15) is 46.0 Å². The third kappa shape index (κ3) is 2.27. The Morgan fingerprint density at radius 1 is 1.44 bits per heavy atom. The molecule has 0 spiro atoms. The highest BCUT2D eigenvalue weighted by molar-refractivity contribution is 4.99. The molecule has 2 rings (SSSR count). The van der Waals surface area contributed by atoms with Crippen LogP contribution in [-0.4, -0.2) is 40.8 Å². The van der Waals surface area contributed by atoms with Crippen LogP contribution in [0.4, 0.5) is 0 Å². The first kappa shape index (κ1) is 12.3. The van der Waals surface area contributed by atoms with Gasteiger partial charge >= 0.3 is 0 Å². The Hall–Kier alpha value is -0.120. The van der Waals surface area contributed by atoms with Crippen LogP contribution in [0.2, 0.25) is 0 Å². The second kappa shape index (κ2) is 4.63. The number of rotatable bonds is 3. The molecule has 1 saturated carbocycles. The highest BCUT2D eigenvalue weighted by atomic mass is 16.3. The maximum atomic E-state index is 9.32. The molecular formula is C13H26N2O. The van der Waals surface area contributed by atoms with Gasteiger partial charge in [-0.1, -0.05) is 13.8 Å². The smallest absolute Gasteiger partial charge is 0.0611 e. The molecule has 2 fully saturated rings. The molecule has 0 bridgehead atoms. The van der Waals surface area contributed by atoms with Crippen molar-refractivity contribution >= 4 is 0 Å². The molecule has 1 heterocycles. The first-order valence-corrected chi connectivity index (χ1v) is 6.71. The first-order valence-electron chi connectivity index (χ1n) is 6.71. The SMILES string of the molecule is CC(C)C1CCCN1C1CCC(N)(CO)C1. The predicted molar refractivity (Wildman–Crippen MR) is 66.2 cm³/mol. The number of aliphatic hydroxyl groups is 1. The zero-order valence-electron chi connectivity index (χ0n) is 10.7. The molecule has 0 amide bonds. The molecule has 0 aromatic rings. The zero-order chi connectivity index (χ0) is 11.8. The summed E-state index contributed by atoms with van der Waals surface area (Å²) in [6.07, 6.45) is 5.80. The Bertz CT molecular complexity index is 244. The number of aliphatic hydroxyl groups excluding tert-OH is 1. The minimum Gasteiger partial charge on any atom is -0.394 e. The summed E-state index contributed by atoms with van der Waals surface area (Å²) in [4.78, 5) is 2.66. The van der Waals surface area contributed by atoms with E-state index in [1.165, 1.54) is 25.8 Å². The number of likely N-dealkylation sites (tertiary alicyclic amines) is 1. The van der Waals surface area contributed by atoms with E-state index in [0.717, 1.165) is 24.8 Å². The third-order valence-corrected chi connectivity index (χ3v) is 4.51. The van der Waals surface area contributed by atoms with Crippen molar-refractivity contribution in [1.82, 2.24) is 4.90 Å². The van der Waals surface area contributed by atoms with Gasteiger partial charge < -0.3 is 10.8 Å². The molecule has 94 valence electrons. The van der Waals surface area contributed by atoms with E-state index in [-0.39, 0.29) is 12.1 Å². The summed E-state index contributed by atoms with van der Waals surface area (Å²) in [5.41, 5.74) is 5.86. The normalized spacial score (nSPS) is 41.1. The van der Waals surface area contributed by atoms with E-state index in [1.54, 1.807) is 0 Å². The van der Waals surface area contributed by atoms with Crippen LogP contribution in [0.15, 0.2) is 0 Å². The molecule has 1 saturated heterocycles. The highest BCUT2D eigenvalue weighted by Gasteiger charge is 2.41. The van der Waals surface area contributed by atoms with Crippen LogP contribution >= 0.6 is 0 Å². The molecule has 3 atom stereocenters. The van der Waals surface area contributed by atoms with Crippen molar-refractivity contribution in [1.29, 1.82) is 0 Å². The second-order valence-corrected chi connectivity index (χ2v) is 6.11. The van der Waals surface area contributed by atoms with Crippen molar-refractivity contribution in [3.05, 3.63) is 0 Å². The monoisotopic (exact) mass is 226 g/mol. The molecule has 3 unspecified atom stereocenters. The average molecular weight is 226 g/mol. The Morgan fingerprint density at radius 2 is 2.19 bits per heavy atom. The molecule has 0 radical (unpaired) electrons. The van der Waals surface area contributed by atoms with E-state index in [2.05, 4.69) is 18.7 Å². The summed E-state index contributed by atoms with van der Waals surface area (Å²) < 4.78 is 0. The van der Waals surface area contributed by atoms with Gasteiger partial charge in [0.1, 0.15) is 0 Å². The molecular weight excluding hydrogens is 200 g/mol. The second-order valence-electron chi connectivity index (χ2n) is 6.11. The van der Waals surface area contributed by atoms with Gasteiger partial charge in [0.05, 0.1) is 6.61 Å². The number of hydrogen-bond donors (Lipinski definition) is 2. The third-order valence-electron chi connectivity index (χ3n) is 4.51. The summed E-state index contributed by atoms with van der Waals surface area (Å²) in [6, 6.07) is 1.36. The molecule has 16 heavy (non-hydrogen) atoms. The van der Waals surface area contributed by atoms with Crippen LogP contribution in [0.5, 0.6) is 0 Å². The number of nitrogens with zero attached hydrogens (tertiary/aromatic N) is 1. The Morgan fingerprint density at radius 3 is 2.75 bits per heavy atom.